The number of nitrogens with zero attached hydrogens (tertiary/aromatic N) is 1. The van der Waals surface area contributed by atoms with E-state index in [1.807, 2.05) is 0 Å². The van der Waals surface area contributed by atoms with Crippen molar-refractivity contribution in [2.45, 2.75) is 13.3 Å². The summed E-state index contributed by atoms with van der Waals surface area (Å²) in [5.74, 6) is -7.85. The normalized spacial score (nSPS) is 18.0. The number of likely N-dealkylation sites (tertiary alicyclic amines) is 1. The van der Waals surface area contributed by atoms with E-state index >= 15 is 0 Å². The van der Waals surface area contributed by atoms with Gasteiger partial charge in [-0.1, -0.05) is 0 Å². The van der Waals surface area contributed by atoms with Crippen molar-refractivity contribution in [1.29, 1.82) is 0 Å². The van der Waals surface area contributed by atoms with Gasteiger partial charge in [0, 0.05) is 6.54 Å². The highest BCUT2D eigenvalue weighted by atomic mass is 19.2. The smallest absolute Gasteiger partial charge is 0.316 e. The second kappa shape index (κ2) is 6.80. The Morgan fingerprint density at radius 1 is 1.26 bits per heavy atom. The van der Waals surface area contributed by atoms with Gasteiger partial charge in [-0.2, -0.15) is 0 Å². The molecule has 1 fully saturated rings. The third kappa shape index (κ3) is 3.35. The van der Waals surface area contributed by atoms with E-state index in [9.17, 15) is 27.6 Å². The lowest BCUT2D eigenvalue weighted by Crippen LogP contribution is -2.47. The molecule has 0 N–H and O–H groups in total. The second-order valence-electron chi connectivity index (χ2n) is 5.01. The predicted molar refractivity (Wildman–Crippen MR) is 72.0 cm³/mol. The molecular formula is C15H14F3NO4. The van der Waals surface area contributed by atoms with Gasteiger partial charge < -0.3 is 9.64 Å². The first-order valence-electron chi connectivity index (χ1n) is 6.99. The summed E-state index contributed by atoms with van der Waals surface area (Å²) in [6.45, 7) is 1.32. The number of ether oxygens (including phenoxy) is 1. The molecule has 1 atom stereocenters. The summed E-state index contributed by atoms with van der Waals surface area (Å²) in [6.07, 6.45) is 0.0364. The van der Waals surface area contributed by atoms with E-state index in [-0.39, 0.29) is 19.6 Å². The largest absolute Gasteiger partial charge is 0.465 e. The average molecular weight is 329 g/mol. The number of amides is 1. The molecule has 0 aliphatic carbocycles. The van der Waals surface area contributed by atoms with Gasteiger partial charge in [0.25, 0.3) is 5.91 Å². The molecule has 0 aromatic heterocycles. The standard InChI is InChI=1S/C15H14F3NO4/c1-2-23-15(22)8-5-6-19(7-11(8)20)14(21)9-3-4-10(16)13(18)12(9)17/h3-4,8H,2,5-7H2,1H3. The van der Waals surface area contributed by atoms with Crippen LogP contribution in [0.1, 0.15) is 23.7 Å². The third-order valence-corrected chi connectivity index (χ3v) is 3.55. The Morgan fingerprint density at radius 3 is 2.57 bits per heavy atom. The third-order valence-electron chi connectivity index (χ3n) is 3.55. The zero-order chi connectivity index (χ0) is 17.1. The molecule has 1 heterocycles. The molecular weight excluding hydrogens is 315 g/mol. The van der Waals surface area contributed by atoms with E-state index in [2.05, 4.69) is 0 Å². The number of rotatable bonds is 3. The van der Waals surface area contributed by atoms with Gasteiger partial charge in [-0.15, -0.1) is 0 Å². The van der Waals surface area contributed by atoms with Crippen molar-refractivity contribution in [3.05, 3.63) is 35.1 Å². The van der Waals surface area contributed by atoms with E-state index < -0.39 is 53.1 Å². The number of piperidine rings is 1. The van der Waals surface area contributed by atoms with Crippen molar-refractivity contribution in [3.8, 4) is 0 Å². The molecule has 1 unspecified atom stereocenters. The summed E-state index contributed by atoms with van der Waals surface area (Å²) in [5, 5.41) is 0. The van der Waals surface area contributed by atoms with Crippen LogP contribution in [0.15, 0.2) is 12.1 Å². The summed E-state index contributed by atoms with van der Waals surface area (Å²) in [6, 6.07) is 1.46. The summed E-state index contributed by atoms with van der Waals surface area (Å²) in [4.78, 5) is 36.7. The monoisotopic (exact) mass is 329 g/mol. The molecule has 8 heteroatoms. The Bertz CT molecular complexity index is 662. The predicted octanol–water partition coefficient (Wildman–Crippen LogP) is 1.70. The minimum Gasteiger partial charge on any atom is -0.465 e. The number of hydrogen-bond donors (Lipinski definition) is 0. The van der Waals surface area contributed by atoms with E-state index in [1.165, 1.54) is 0 Å². The van der Waals surface area contributed by atoms with Crippen LogP contribution in [0.2, 0.25) is 0 Å². The second-order valence-corrected chi connectivity index (χ2v) is 5.01. The van der Waals surface area contributed by atoms with Crippen LogP contribution in [-0.4, -0.2) is 42.3 Å². The first-order chi connectivity index (χ1) is 10.9. The van der Waals surface area contributed by atoms with Crippen LogP contribution in [0.5, 0.6) is 0 Å². The minimum absolute atomic E-state index is 0.00644. The summed E-state index contributed by atoms with van der Waals surface area (Å²) >= 11 is 0. The molecule has 1 amide bonds. The van der Waals surface area contributed by atoms with Crippen LogP contribution in [0, 0.1) is 23.4 Å². The topological polar surface area (TPSA) is 63.7 Å². The van der Waals surface area contributed by atoms with Crippen molar-refractivity contribution in [2.75, 3.05) is 19.7 Å². The Labute approximate surface area is 130 Å². The summed E-state index contributed by atoms with van der Waals surface area (Å²) in [5.41, 5.74) is -0.661. The summed E-state index contributed by atoms with van der Waals surface area (Å²) in [7, 11) is 0. The van der Waals surface area contributed by atoms with Crippen LogP contribution in [0.3, 0.4) is 0 Å². The Kier molecular flexibility index (Phi) is 5.02. The van der Waals surface area contributed by atoms with Gasteiger partial charge in [0.15, 0.2) is 23.2 Å². The number of carbonyl (C=O) groups is 3. The molecule has 0 spiro atoms. The molecule has 0 saturated carbocycles. The Hall–Kier alpha value is -2.38. The molecule has 124 valence electrons. The van der Waals surface area contributed by atoms with E-state index in [0.29, 0.717) is 6.07 Å². The molecule has 1 aromatic carbocycles. The molecule has 5 nitrogen and oxygen atoms in total. The molecule has 1 aliphatic rings. The van der Waals surface area contributed by atoms with E-state index in [4.69, 9.17) is 4.74 Å². The highest BCUT2D eigenvalue weighted by molar-refractivity contribution is 6.04. The van der Waals surface area contributed by atoms with Gasteiger partial charge in [0.2, 0.25) is 0 Å². The molecule has 2 rings (SSSR count). The minimum atomic E-state index is -1.75. The summed E-state index contributed by atoms with van der Waals surface area (Å²) < 4.78 is 44.5. The lowest BCUT2D eigenvalue weighted by atomic mass is 9.95. The van der Waals surface area contributed by atoms with E-state index in [1.54, 1.807) is 6.92 Å². The van der Waals surface area contributed by atoms with Crippen LogP contribution < -0.4 is 0 Å². The molecule has 23 heavy (non-hydrogen) atoms. The number of ketones is 1. The van der Waals surface area contributed by atoms with Crippen molar-refractivity contribution < 1.29 is 32.3 Å². The lowest BCUT2D eigenvalue weighted by molar-refractivity contribution is -0.153. The Morgan fingerprint density at radius 2 is 1.96 bits per heavy atom. The molecule has 1 aliphatic heterocycles. The number of esters is 1. The number of carbonyl (C=O) groups excluding carboxylic acids is 3. The van der Waals surface area contributed by atoms with Crippen LogP contribution >= 0.6 is 0 Å². The van der Waals surface area contributed by atoms with Crippen molar-refractivity contribution in [2.24, 2.45) is 5.92 Å². The quantitative estimate of drug-likeness (QED) is 0.481. The van der Waals surface area contributed by atoms with Crippen molar-refractivity contribution >= 4 is 17.7 Å². The number of Topliss-reactive ketones (excluding diaryl/α,β-unsaturated/α-hetero) is 1. The Balaban J connectivity index is 2.13. The average Bonchev–Trinajstić information content (AvgIpc) is 2.52. The van der Waals surface area contributed by atoms with Gasteiger partial charge in [-0.25, -0.2) is 13.2 Å². The first kappa shape index (κ1) is 17.0. The maximum atomic E-state index is 13.6. The van der Waals surface area contributed by atoms with Crippen molar-refractivity contribution in [3.63, 3.8) is 0 Å². The number of halogens is 3. The SMILES string of the molecule is CCOC(=O)C1CCN(C(=O)c2ccc(F)c(F)c2F)CC1=O. The maximum Gasteiger partial charge on any atom is 0.316 e. The number of hydrogen-bond acceptors (Lipinski definition) is 4. The molecule has 1 aromatic rings. The number of benzene rings is 1. The van der Waals surface area contributed by atoms with Gasteiger partial charge in [0.05, 0.1) is 18.7 Å². The van der Waals surface area contributed by atoms with Crippen LogP contribution in [0.25, 0.3) is 0 Å². The highest BCUT2D eigenvalue weighted by Crippen LogP contribution is 2.21. The van der Waals surface area contributed by atoms with Crippen LogP contribution in [-0.2, 0) is 14.3 Å². The lowest BCUT2D eigenvalue weighted by Gasteiger charge is -2.30. The van der Waals surface area contributed by atoms with Crippen LogP contribution in [0.4, 0.5) is 13.2 Å². The van der Waals surface area contributed by atoms with Gasteiger partial charge in [0.1, 0.15) is 5.92 Å². The molecule has 0 bridgehead atoms. The first-order valence-corrected chi connectivity index (χ1v) is 6.99. The molecule has 1 saturated heterocycles. The van der Waals surface area contributed by atoms with Gasteiger partial charge in [-0.3, -0.25) is 14.4 Å². The zero-order valence-corrected chi connectivity index (χ0v) is 12.3. The van der Waals surface area contributed by atoms with E-state index in [0.717, 1.165) is 11.0 Å². The molecule has 0 radical (unpaired) electrons. The zero-order valence-electron chi connectivity index (χ0n) is 12.3. The van der Waals surface area contributed by atoms with Crippen molar-refractivity contribution in [1.82, 2.24) is 4.90 Å². The fourth-order valence-corrected chi connectivity index (χ4v) is 2.35. The van der Waals surface area contributed by atoms with Gasteiger partial charge >= 0.3 is 5.97 Å². The highest BCUT2D eigenvalue weighted by Gasteiger charge is 2.36. The fourth-order valence-electron chi connectivity index (χ4n) is 2.35. The fraction of sp³-hybridized carbons (Fsp3) is 0.400. The maximum absolute atomic E-state index is 13.6. The van der Waals surface area contributed by atoms with Gasteiger partial charge in [-0.05, 0) is 25.5 Å².